The van der Waals surface area contributed by atoms with Crippen molar-refractivity contribution in [1.82, 2.24) is 0 Å². The fourth-order valence-corrected chi connectivity index (χ4v) is 4.37. The van der Waals surface area contributed by atoms with Crippen LogP contribution in [0.2, 0.25) is 0 Å². The molecule has 4 rings (SSSR count). The van der Waals surface area contributed by atoms with Crippen molar-refractivity contribution in [3.63, 3.8) is 0 Å². The van der Waals surface area contributed by atoms with Crippen LogP contribution >= 0.6 is 0 Å². The topological polar surface area (TPSA) is 66.8 Å². The molecule has 0 aliphatic carbocycles. The van der Waals surface area contributed by atoms with Crippen LogP contribution in [0.15, 0.2) is 78.4 Å². The summed E-state index contributed by atoms with van der Waals surface area (Å²) in [6.45, 7) is 8.10. The summed E-state index contributed by atoms with van der Waals surface area (Å²) < 4.78 is 5.52. The lowest BCUT2D eigenvalue weighted by molar-refractivity contribution is -0.132. The molecule has 1 N–H and O–H groups in total. The van der Waals surface area contributed by atoms with Gasteiger partial charge in [0.25, 0.3) is 11.7 Å². The Hall–Kier alpha value is -3.86. The van der Waals surface area contributed by atoms with Crippen molar-refractivity contribution >= 4 is 23.1 Å². The Balaban J connectivity index is 2.00. The molecule has 5 nitrogen and oxygen atoms in total. The Bertz CT molecular complexity index is 1280. The predicted molar refractivity (Wildman–Crippen MR) is 134 cm³/mol. The number of rotatable bonds is 4. The first-order valence-corrected chi connectivity index (χ1v) is 11.3. The fraction of sp³-hybridized carbons (Fsp3) is 0.241. The van der Waals surface area contributed by atoms with Crippen molar-refractivity contribution in [2.45, 2.75) is 39.2 Å². The zero-order chi connectivity index (χ0) is 24.6. The normalized spacial score (nSPS) is 17.8. The molecular formula is C29H29NO4. The zero-order valence-electron chi connectivity index (χ0n) is 20.1. The maximum absolute atomic E-state index is 13.4. The summed E-state index contributed by atoms with van der Waals surface area (Å²) in [5.41, 5.74) is 3.44. The van der Waals surface area contributed by atoms with Gasteiger partial charge in [-0.2, -0.15) is 0 Å². The van der Waals surface area contributed by atoms with Gasteiger partial charge >= 0.3 is 0 Å². The quantitative estimate of drug-likeness (QED) is 0.301. The van der Waals surface area contributed by atoms with Gasteiger partial charge in [-0.15, -0.1) is 0 Å². The molecule has 174 valence electrons. The van der Waals surface area contributed by atoms with Gasteiger partial charge < -0.3 is 9.84 Å². The number of carbonyl (C=O) groups excluding carboxylic acids is 2. The third kappa shape index (κ3) is 3.98. The molecule has 1 aliphatic rings. The molecule has 1 fully saturated rings. The van der Waals surface area contributed by atoms with Crippen LogP contribution in [0.25, 0.3) is 5.76 Å². The monoisotopic (exact) mass is 455 g/mol. The largest absolute Gasteiger partial charge is 0.507 e. The number of Topliss-reactive ketones (excluding diaryl/α,β-unsaturated/α-hetero) is 1. The first-order chi connectivity index (χ1) is 16.1. The molecule has 3 aromatic rings. The highest BCUT2D eigenvalue weighted by Crippen LogP contribution is 2.44. The van der Waals surface area contributed by atoms with Crippen molar-refractivity contribution in [3.8, 4) is 5.75 Å². The van der Waals surface area contributed by atoms with Crippen molar-refractivity contribution < 1.29 is 19.4 Å². The van der Waals surface area contributed by atoms with E-state index < -0.39 is 17.7 Å². The van der Waals surface area contributed by atoms with E-state index in [9.17, 15) is 14.7 Å². The smallest absolute Gasteiger partial charge is 0.300 e. The van der Waals surface area contributed by atoms with Gasteiger partial charge in [0, 0.05) is 5.69 Å². The van der Waals surface area contributed by atoms with E-state index in [4.69, 9.17) is 4.74 Å². The van der Waals surface area contributed by atoms with Gasteiger partial charge in [0.2, 0.25) is 0 Å². The number of methoxy groups -OCH3 is 1. The fourth-order valence-electron chi connectivity index (χ4n) is 4.37. The van der Waals surface area contributed by atoms with Crippen molar-refractivity contribution in [2.24, 2.45) is 0 Å². The number of ether oxygens (including phenoxy) is 1. The molecule has 34 heavy (non-hydrogen) atoms. The standard InChI is InChI=1S/C29H29NO4/c1-18-11-9-10-14-22(18)30-25(19-12-7-6-8-13-19)24(27(32)28(30)33)26(31)21-17-20(29(2,3)4)15-16-23(21)34-5/h6-17,25,31H,1-5H3/b26-24+. The van der Waals surface area contributed by atoms with Crippen molar-refractivity contribution in [1.29, 1.82) is 0 Å². The second-order valence-corrected chi connectivity index (χ2v) is 9.53. The number of nitrogens with zero attached hydrogens (tertiary/aromatic N) is 1. The summed E-state index contributed by atoms with van der Waals surface area (Å²) in [5, 5.41) is 11.6. The molecule has 1 saturated heterocycles. The number of amides is 1. The van der Waals surface area contributed by atoms with Gasteiger partial charge in [-0.1, -0.05) is 75.4 Å². The highest BCUT2D eigenvalue weighted by Gasteiger charge is 2.47. The van der Waals surface area contributed by atoms with Gasteiger partial charge in [-0.05, 0) is 47.2 Å². The van der Waals surface area contributed by atoms with Crippen LogP contribution in [0.4, 0.5) is 5.69 Å². The summed E-state index contributed by atoms with van der Waals surface area (Å²) in [7, 11) is 1.52. The molecule has 1 unspecified atom stereocenters. The van der Waals surface area contributed by atoms with Gasteiger partial charge in [-0.25, -0.2) is 0 Å². The van der Waals surface area contributed by atoms with Crippen molar-refractivity contribution in [2.75, 3.05) is 12.0 Å². The van der Waals surface area contributed by atoms with Crippen LogP contribution in [0.3, 0.4) is 0 Å². The molecule has 0 radical (unpaired) electrons. The SMILES string of the molecule is COc1ccc(C(C)(C)C)cc1/C(O)=C1\C(=O)C(=O)N(c2ccccc2C)C1c1ccccc1. The number of aliphatic hydroxyl groups excluding tert-OH is 1. The van der Waals surface area contributed by atoms with Gasteiger partial charge in [0.05, 0.1) is 24.3 Å². The molecule has 0 saturated carbocycles. The summed E-state index contributed by atoms with van der Waals surface area (Å²) in [6, 6.07) is 21.5. The Kier molecular flexibility index (Phi) is 6.05. The van der Waals surface area contributed by atoms with E-state index in [0.29, 0.717) is 17.0 Å². The number of carbonyl (C=O) groups is 2. The second-order valence-electron chi connectivity index (χ2n) is 9.53. The zero-order valence-corrected chi connectivity index (χ0v) is 20.1. The number of hydrogen-bond donors (Lipinski definition) is 1. The van der Waals surface area contributed by atoms with Gasteiger partial charge in [-0.3, -0.25) is 14.5 Å². The lowest BCUT2D eigenvalue weighted by atomic mass is 9.85. The lowest BCUT2D eigenvalue weighted by Crippen LogP contribution is -2.30. The number of aliphatic hydroxyl groups is 1. The van der Waals surface area contributed by atoms with Crippen LogP contribution in [0, 0.1) is 6.92 Å². The van der Waals surface area contributed by atoms with Crippen LogP contribution in [-0.2, 0) is 15.0 Å². The van der Waals surface area contributed by atoms with E-state index in [1.165, 1.54) is 12.0 Å². The number of anilines is 1. The minimum atomic E-state index is -0.773. The summed E-state index contributed by atoms with van der Waals surface area (Å²) in [5.74, 6) is -1.21. The van der Waals surface area contributed by atoms with E-state index in [2.05, 4.69) is 20.8 Å². The minimum absolute atomic E-state index is 0.0452. The van der Waals surface area contributed by atoms with Crippen LogP contribution in [0.5, 0.6) is 5.75 Å². The predicted octanol–water partition coefficient (Wildman–Crippen LogP) is 5.93. The first kappa shape index (κ1) is 23.3. The van der Waals surface area contributed by atoms with Crippen molar-refractivity contribution in [3.05, 3.63) is 101 Å². The third-order valence-corrected chi connectivity index (χ3v) is 6.26. The Morgan fingerprint density at radius 3 is 2.21 bits per heavy atom. The third-order valence-electron chi connectivity index (χ3n) is 6.26. The molecule has 1 atom stereocenters. The Labute approximate surface area is 200 Å². The molecule has 1 aliphatic heterocycles. The minimum Gasteiger partial charge on any atom is -0.507 e. The van der Waals surface area contributed by atoms with E-state index >= 15 is 0 Å². The number of aryl methyl sites for hydroxylation is 1. The summed E-state index contributed by atoms with van der Waals surface area (Å²) in [6.07, 6.45) is 0. The van der Waals surface area contributed by atoms with E-state index in [1.54, 1.807) is 6.07 Å². The molecule has 1 heterocycles. The summed E-state index contributed by atoms with van der Waals surface area (Å²) >= 11 is 0. The Morgan fingerprint density at radius 2 is 1.59 bits per heavy atom. The molecule has 0 bridgehead atoms. The molecule has 0 spiro atoms. The van der Waals surface area contributed by atoms with Crippen LogP contribution in [-0.4, -0.2) is 23.9 Å². The van der Waals surface area contributed by atoms with Gasteiger partial charge in [0.1, 0.15) is 11.5 Å². The highest BCUT2D eigenvalue weighted by molar-refractivity contribution is 6.51. The van der Waals surface area contributed by atoms with Gasteiger partial charge in [0.15, 0.2) is 0 Å². The first-order valence-electron chi connectivity index (χ1n) is 11.3. The molecular weight excluding hydrogens is 426 g/mol. The highest BCUT2D eigenvalue weighted by atomic mass is 16.5. The Morgan fingerprint density at radius 1 is 0.941 bits per heavy atom. The molecule has 1 amide bonds. The number of benzene rings is 3. The molecule has 3 aromatic carbocycles. The number of hydrogen-bond acceptors (Lipinski definition) is 4. The second kappa shape index (κ2) is 8.82. The maximum atomic E-state index is 13.4. The number of para-hydroxylation sites is 1. The molecule has 0 aromatic heterocycles. The van der Waals surface area contributed by atoms with Crippen LogP contribution in [0.1, 0.15) is 49.1 Å². The van der Waals surface area contributed by atoms with Crippen LogP contribution < -0.4 is 9.64 Å². The lowest BCUT2D eigenvalue weighted by Gasteiger charge is -2.27. The van der Waals surface area contributed by atoms with E-state index in [0.717, 1.165) is 16.7 Å². The summed E-state index contributed by atoms with van der Waals surface area (Å²) in [4.78, 5) is 28.3. The average Bonchev–Trinajstić information content (AvgIpc) is 3.09. The van der Waals surface area contributed by atoms with E-state index in [1.807, 2.05) is 73.7 Å². The maximum Gasteiger partial charge on any atom is 0.300 e. The number of ketones is 1. The molecule has 5 heteroatoms. The van der Waals surface area contributed by atoms with E-state index in [-0.39, 0.29) is 16.7 Å². The average molecular weight is 456 g/mol.